The van der Waals surface area contributed by atoms with Crippen LogP contribution in [0.3, 0.4) is 0 Å². The minimum atomic E-state index is -0.161. The fraction of sp³-hybridized carbons (Fsp3) is 0.0667. The molecule has 2 aromatic rings. The van der Waals surface area contributed by atoms with Gasteiger partial charge < -0.3 is 0 Å². The molecular weight excluding hydrogens is 340 g/mol. The summed E-state index contributed by atoms with van der Waals surface area (Å²) in [6.45, 7) is 0. The largest absolute Gasteiger partial charge is 0.273 e. The van der Waals surface area contributed by atoms with Crippen LogP contribution in [0, 0.1) is 0 Å². The van der Waals surface area contributed by atoms with Gasteiger partial charge in [-0.1, -0.05) is 51.8 Å². The number of hydrogen-bond acceptors (Lipinski definition) is 2. The molecule has 0 spiro atoms. The first-order valence-corrected chi connectivity index (χ1v) is 7.12. The zero-order valence-corrected chi connectivity index (χ0v) is 12.9. The normalized spacial score (nSPS) is 10.7. The average Bonchev–Trinajstić information content (AvgIpc) is 2.41. The van der Waals surface area contributed by atoms with Crippen LogP contribution in [0.2, 0.25) is 5.02 Å². The van der Waals surface area contributed by atoms with E-state index in [-0.39, 0.29) is 5.91 Å². The number of carbonyl (C=O) groups excluding carboxylic acids is 1. The summed E-state index contributed by atoms with van der Waals surface area (Å²) in [5.74, 6) is -0.161. The Kier molecular flexibility index (Phi) is 5.32. The van der Waals surface area contributed by atoms with Gasteiger partial charge in [-0.15, -0.1) is 0 Å². The van der Waals surface area contributed by atoms with Crippen LogP contribution in [0.5, 0.6) is 0 Å². The molecule has 0 aliphatic rings. The molecule has 1 N–H and O–H groups in total. The minimum absolute atomic E-state index is 0.161. The van der Waals surface area contributed by atoms with Crippen LogP contribution in [0.4, 0.5) is 0 Å². The lowest BCUT2D eigenvalue weighted by atomic mass is 10.1. The number of rotatable bonds is 4. The second-order valence-electron chi connectivity index (χ2n) is 4.15. The van der Waals surface area contributed by atoms with Crippen molar-refractivity contribution in [3.8, 4) is 0 Å². The van der Waals surface area contributed by atoms with Gasteiger partial charge in [0.25, 0.3) is 0 Å². The number of benzene rings is 2. The van der Waals surface area contributed by atoms with Crippen molar-refractivity contribution >= 4 is 39.7 Å². The number of hydrogen-bond donors (Lipinski definition) is 1. The highest BCUT2D eigenvalue weighted by Gasteiger charge is 2.01. The van der Waals surface area contributed by atoms with E-state index in [0.29, 0.717) is 11.4 Å². The van der Waals surface area contributed by atoms with E-state index in [9.17, 15) is 4.79 Å². The van der Waals surface area contributed by atoms with Gasteiger partial charge in [0, 0.05) is 9.50 Å². The second kappa shape index (κ2) is 7.22. The Morgan fingerprint density at radius 2 is 2.00 bits per heavy atom. The molecule has 0 aliphatic carbocycles. The number of halogens is 2. The first-order chi connectivity index (χ1) is 9.63. The molecule has 0 bridgehead atoms. The lowest BCUT2D eigenvalue weighted by molar-refractivity contribution is -0.120. The van der Waals surface area contributed by atoms with Gasteiger partial charge in [-0.2, -0.15) is 5.10 Å². The fourth-order valence-corrected chi connectivity index (χ4v) is 2.06. The van der Waals surface area contributed by atoms with Gasteiger partial charge in [0.15, 0.2) is 0 Å². The first kappa shape index (κ1) is 14.8. The minimum Gasteiger partial charge on any atom is -0.273 e. The van der Waals surface area contributed by atoms with Gasteiger partial charge >= 0.3 is 0 Å². The van der Waals surface area contributed by atoms with Crippen LogP contribution in [-0.4, -0.2) is 12.1 Å². The molecule has 0 saturated carbocycles. The highest BCUT2D eigenvalue weighted by atomic mass is 79.9. The van der Waals surface area contributed by atoms with Crippen LogP contribution in [0.15, 0.2) is 58.1 Å². The predicted molar refractivity (Wildman–Crippen MR) is 85.0 cm³/mol. The summed E-state index contributed by atoms with van der Waals surface area (Å²) in [4.78, 5) is 11.7. The summed E-state index contributed by atoms with van der Waals surface area (Å²) in [6.07, 6.45) is 1.85. The van der Waals surface area contributed by atoms with E-state index in [1.165, 1.54) is 0 Å². The SMILES string of the molecule is O=C(Cc1ccc(Br)cc1)NN=Cc1cccc(Cl)c1. The maximum Gasteiger partial charge on any atom is 0.244 e. The van der Waals surface area contributed by atoms with Gasteiger partial charge in [0.2, 0.25) is 5.91 Å². The van der Waals surface area contributed by atoms with E-state index >= 15 is 0 Å². The molecule has 0 atom stereocenters. The molecule has 102 valence electrons. The predicted octanol–water partition coefficient (Wildman–Crippen LogP) is 3.80. The van der Waals surface area contributed by atoms with E-state index in [2.05, 4.69) is 26.5 Å². The van der Waals surface area contributed by atoms with Crippen molar-refractivity contribution in [1.29, 1.82) is 0 Å². The molecule has 5 heteroatoms. The highest BCUT2D eigenvalue weighted by molar-refractivity contribution is 9.10. The molecule has 1 amide bonds. The number of carbonyl (C=O) groups is 1. The van der Waals surface area contributed by atoms with Crippen molar-refractivity contribution in [2.75, 3.05) is 0 Å². The van der Waals surface area contributed by atoms with Crippen LogP contribution in [0.1, 0.15) is 11.1 Å². The standard InChI is InChI=1S/C15H12BrClN2O/c16-13-6-4-11(5-7-13)9-15(20)19-18-10-12-2-1-3-14(17)8-12/h1-8,10H,9H2,(H,19,20). The molecular formula is C15H12BrClN2O. The van der Waals surface area contributed by atoms with Gasteiger partial charge in [0.1, 0.15) is 0 Å². The van der Waals surface area contributed by atoms with Crippen molar-refractivity contribution in [2.24, 2.45) is 5.10 Å². The van der Waals surface area contributed by atoms with Crippen LogP contribution < -0.4 is 5.43 Å². The van der Waals surface area contributed by atoms with Gasteiger partial charge in [0.05, 0.1) is 12.6 Å². The number of nitrogens with one attached hydrogen (secondary N) is 1. The summed E-state index contributed by atoms with van der Waals surface area (Å²) in [5.41, 5.74) is 4.26. The molecule has 0 heterocycles. The van der Waals surface area contributed by atoms with Gasteiger partial charge in [-0.25, -0.2) is 5.43 Å². The highest BCUT2D eigenvalue weighted by Crippen LogP contribution is 2.11. The fourth-order valence-electron chi connectivity index (χ4n) is 1.59. The third kappa shape index (κ3) is 4.79. The average molecular weight is 352 g/mol. The molecule has 0 aliphatic heterocycles. The van der Waals surface area contributed by atoms with Gasteiger partial charge in [-0.05, 0) is 35.4 Å². The van der Waals surface area contributed by atoms with Crippen LogP contribution in [0.25, 0.3) is 0 Å². The monoisotopic (exact) mass is 350 g/mol. The maximum absolute atomic E-state index is 11.7. The lowest BCUT2D eigenvalue weighted by Crippen LogP contribution is -2.19. The van der Waals surface area contributed by atoms with E-state index in [1.54, 1.807) is 18.3 Å². The van der Waals surface area contributed by atoms with E-state index in [4.69, 9.17) is 11.6 Å². The topological polar surface area (TPSA) is 41.5 Å². The Balaban J connectivity index is 1.87. The first-order valence-electron chi connectivity index (χ1n) is 5.95. The molecule has 0 radical (unpaired) electrons. The molecule has 0 unspecified atom stereocenters. The summed E-state index contributed by atoms with van der Waals surface area (Å²) in [6, 6.07) is 14.8. The summed E-state index contributed by atoms with van der Waals surface area (Å²) in [5, 5.41) is 4.54. The summed E-state index contributed by atoms with van der Waals surface area (Å²) in [7, 11) is 0. The number of amides is 1. The lowest BCUT2D eigenvalue weighted by Gasteiger charge is -2.00. The molecule has 0 fully saturated rings. The van der Waals surface area contributed by atoms with E-state index in [0.717, 1.165) is 15.6 Å². The molecule has 2 rings (SSSR count). The summed E-state index contributed by atoms with van der Waals surface area (Å²) >= 11 is 9.20. The Hall–Kier alpha value is -1.65. The van der Waals surface area contributed by atoms with Crippen molar-refractivity contribution in [1.82, 2.24) is 5.43 Å². The van der Waals surface area contributed by atoms with Crippen molar-refractivity contribution < 1.29 is 4.79 Å². The van der Waals surface area contributed by atoms with Crippen molar-refractivity contribution in [3.05, 3.63) is 69.2 Å². The molecule has 2 aromatic carbocycles. The quantitative estimate of drug-likeness (QED) is 0.661. The Labute approximate surface area is 130 Å². The van der Waals surface area contributed by atoms with Crippen LogP contribution >= 0.6 is 27.5 Å². The summed E-state index contributed by atoms with van der Waals surface area (Å²) < 4.78 is 0.987. The Bertz CT molecular complexity index is 626. The molecule has 0 saturated heterocycles. The van der Waals surface area contributed by atoms with Crippen molar-refractivity contribution in [2.45, 2.75) is 6.42 Å². The smallest absolute Gasteiger partial charge is 0.244 e. The number of hydrazone groups is 1. The number of nitrogens with zero attached hydrogens (tertiary/aromatic N) is 1. The Morgan fingerprint density at radius 1 is 1.25 bits per heavy atom. The van der Waals surface area contributed by atoms with E-state index < -0.39 is 0 Å². The Morgan fingerprint density at radius 3 is 2.70 bits per heavy atom. The molecule has 3 nitrogen and oxygen atoms in total. The molecule has 20 heavy (non-hydrogen) atoms. The maximum atomic E-state index is 11.7. The molecule has 0 aromatic heterocycles. The van der Waals surface area contributed by atoms with Crippen molar-refractivity contribution in [3.63, 3.8) is 0 Å². The van der Waals surface area contributed by atoms with Gasteiger partial charge in [-0.3, -0.25) is 4.79 Å². The third-order valence-electron chi connectivity index (χ3n) is 2.53. The van der Waals surface area contributed by atoms with Crippen LogP contribution in [-0.2, 0) is 11.2 Å². The zero-order valence-electron chi connectivity index (χ0n) is 10.5. The third-order valence-corrected chi connectivity index (χ3v) is 3.29. The van der Waals surface area contributed by atoms with E-state index in [1.807, 2.05) is 36.4 Å². The zero-order chi connectivity index (χ0) is 14.4. The second-order valence-corrected chi connectivity index (χ2v) is 5.50.